The van der Waals surface area contributed by atoms with Crippen molar-refractivity contribution >= 4 is 35.1 Å². The fourth-order valence-corrected chi connectivity index (χ4v) is 4.02. The minimum atomic E-state index is -0.812. The van der Waals surface area contributed by atoms with Gasteiger partial charge in [-0.1, -0.05) is 6.07 Å². The summed E-state index contributed by atoms with van der Waals surface area (Å²) in [7, 11) is 0. The van der Waals surface area contributed by atoms with Crippen LogP contribution in [0.4, 0.5) is 0 Å². The molecule has 0 saturated carbocycles. The largest absolute Gasteiger partial charge is 0.484 e. The van der Waals surface area contributed by atoms with Crippen LogP contribution >= 0.6 is 11.3 Å². The van der Waals surface area contributed by atoms with E-state index >= 15 is 0 Å². The lowest BCUT2D eigenvalue weighted by atomic mass is 9.97. The summed E-state index contributed by atoms with van der Waals surface area (Å²) in [5.41, 5.74) is 0.460. The number of fused-ring (bicyclic) bond motifs is 1. The minimum absolute atomic E-state index is 0.150. The minimum Gasteiger partial charge on any atom is -0.484 e. The number of ether oxygens (including phenoxy) is 2. The summed E-state index contributed by atoms with van der Waals surface area (Å²) in [6, 6.07) is 8.67. The van der Waals surface area contributed by atoms with E-state index in [9.17, 15) is 14.4 Å². The number of likely N-dealkylation sites (tertiary alicyclic amines) is 1. The summed E-state index contributed by atoms with van der Waals surface area (Å²) >= 11 is 1.51. The third-order valence-electron chi connectivity index (χ3n) is 5.02. The SMILES string of the molecule is O=C1/C(=C/c2cccs2)Oc2cc(OCC(=O)N3CCC(C(=O)O)CC3)ccc21. The number of Topliss-reactive ketones (excluding diaryl/α,β-unsaturated/α-hetero) is 1. The molecule has 29 heavy (non-hydrogen) atoms. The van der Waals surface area contributed by atoms with Gasteiger partial charge in [-0.25, -0.2) is 0 Å². The first kappa shape index (κ1) is 19.2. The lowest BCUT2D eigenvalue weighted by Crippen LogP contribution is -2.42. The van der Waals surface area contributed by atoms with Crippen LogP contribution in [0.5, 0.6) is 11.5 Å². The Labute approximate surface area is 171 Å². The van der Waals surface area contributed by atoms with E-state index in [0.29, 0.717) is 43.0 Å². The van der Waals surface area contributed by atoms with Crippen LogP contribution in [0.3, 0.4) is 0 Å². The normalized spacial score (nSPS) is 17.9. The van der Waals surface area contributed by atoms with Crippen molar-refractivity contribution < 1.29 is 29.0 Å². The van der Waals surface area contributed by atoms with Crippen LogP contribution < -0.4 is 9.47 Å². The van der Waals surface area contributed by atoms with Crippen LogP contribution in [0.1, 0.15) is 28.1 Å². The fraction of sp³-hybridized carbons (Fsp3) is 0.286. The van der Waals surface area contributed by atoms with Gasteiger partial charge in [0.1, 0.15) is 11.5 Å². The van der Waals surface area contributed by atoms with Gasteiger partial charge < -0.3 is 19.5 Å². The highest BCUT2D eigenvalue weighted by molar-refractivity contribution is 7.10. The quantitative estimate of drug-likeness (QED) is 0.758. The third-order valence-corrected chi connectivity index (χ3v) is 5.84. The maximum absolute atomic E-state index is 12.4. The van der Waals surface area contributed by atoms with E-state index in [1.54, 1.807) is 29.2 Å². The molecule has 1 aromatic carbocycles. The van der Waals surface area contributed by atoms with Crippen molar-refractivity contribution in [1.29, 1.82) is 0 Å². The molecule has 1 N–H and O–H groups in total. The molecule has 1 saturated heterocycles. The number of amides is 1. The number of allylic oxidation sites excluding steroid dienone is 1. The second-order valence-corrected chi connectivity index (χ2v) is 7.87. The van der Waals surface area contributed by atoms with E-state index < -0.39 is 5.97 Å². The van der Waals surface area contributed by atoms with Crippen LogP contribution in [0, 0.1) is 5.92 Å². The number of aliphatic carboxylic acids is 1. The first-order valence-electron chi connectivity index (χ1n) is 9.26. The summed E-state index contributed by atoms with van der Waals surface area (Å²) in [5, 5.41) is 11.0. The van der Waals surface area contributed by atoms with Crippen LogP contribution in [0.15, 0.2) is 41.5 Å². The van der Waals surface area contributed by atoms with Crippen LogP contribution in [0.25, 0.3) is 6.08 Å². The topological polar surface area (TPSA) is 93.1 Å². The zero-order valence-corrected chi connectivity index (χ0v) is 16.3. The Kier molecular flexibility index (Phi) is 5.35. The fourth-order valence-electron chi connectivity index (χ4n) is 3.37. The van der Waals surface area contributed by atoms with Gasteiger partial charge in [0, 0.05) is 30.1 Å². The van der Waals surface area contributed by atoms with Crippen molar-refractivity contribution in [3.63, 3.8) is 0 Å². The Morgan fingerprint density at radius 2 is 2.07 bits per heavy atom. The predicted octanol–water partition coefficient (Wildman–Crippen LogP) is 3.07. The molecular weight excluding hydrogens is 394 g/mol. The average molecular weight is 413 g/mol. The zero-order valence-electron chi connectivity index (χ0n) is 15.5. The van der Waals surface area contributed by atoms with Crippen molar-refractivity contribution in [2.75, 3.05) is 19.7 Å². The monoisotopic (exact) mass is 413 g/mol. The van der Waals surface area contributed by atoms with Gasteiger partial charge in [-0.05, 0) is 36.4 Å². The van der Waals surface area contributed by atoms with Crippen molar-refractivity contribution in [3.8, 4) is 11.5 Å². The van der Waals surface area contributed by atoms with Crippen molar-refractivity contribution in [3.05, 3.63) is 51.9 Å². The molecule has 3 heterocycles. The van der Waals surface area contributed by atoms with E-state index in [2.05, 4.69) is 0 Å². The number of carboxylic acids is 1. The number of hydrogen-bond acceptors (Lipinski definition) is 6. The molecular formula is C21H19NO6S. The van der Waals surface area contributed by atoms with E-state index in [1.807, 2.05) is 17.5 Å². The number of ketones is 1. The highest BCUT2D eigenvalue weighted by Crippen LogP contribution is 2.35. The zero-order chi connectivity index (χ0) is 20.4. The van der Waals surface area contributed by atoms with Gasteiger partial charge in [0.15, 0.2) is 12.4 Å². The van der Waals surface area contributed by atoms with Crippen molar-refractivity contribution in [2.24, 2.45) is 5.92 Å². The molecule has 1 fully saturated rings. The summed E-state index contributed by atoms with van der Waals surface area (Å²) in [6.45, 7) is 0.679. The molecule has 0 radical (unpaired) electrons. The lowest BCUT2D eigenvalue weighted by molar-refractivity contribution is -0.146. The summed E-state index contributed by atoms with van der Waals surface area (Å²) in [6.07, 6.45) is 2.61. The third kappa shape index (κ3) is 4.17. The maximum atomic E-state index is 12.4. The highest BCUT2D eigenvalue weighted by atomic mass is 32.1. The first-order chi connectivity index (χ1) is 14.0. The number of rotatable bonds is 5. The number of piperidine rings is 1. The Morgan fingerprint density at radius 1 is 1.28 bits per heavy atom. The van der Waals surface area contributed by atoms with Crippen LogP contribution in [-0.4, -0.2) is 47.4 Å². The van der Waals surface area contributed by atoms with Crippen LogP contribution in [0.2, 0.25) is 0 Å². The summed E-state index contributed by atoms with van der Waals surface area (Å²) in [4.78, 5) is 38.3. The van der Waals surface area contributed by atoms with Gasteiger partial charge in [-0.15, -0.1) is 11.3 Å². The highest BCUT2D eigenvalue weighted by Gasteiger charge is 2.29. The van der Waals surface area contributed by atoms with E-state index in [4.69, 9.17) is 14.6 Å². The molecule has 0 atom stereocenters. The summed E-state index contributed by atoms with van der Waals surface area (Å²) in [5.74, 6) is -0.469. The molecule has 2 aliphatic heterocycles. The molecule has 0 spiro atoms. The molecule has 1 aromatic heterocycles. The lowest BCUT2D eigenvalue weighted by Gasteiger charge is -2.30. The molecule has 2 aromatic rings. The Hall–Kier alpha value is -3.13. The number of carboxylic acid groups (broad SMARTS) is 1. The number of carbonyl (C=O) groups excluding carboxylic acids is 2. The van der Waals surface area contributed by atoms with E-state index in [1.165, 1.54) is 11.3 Å². The van der Waals surface area contributed by atoms with Gasteiger partial charge in [-0.2, -0.15) is 0 Å². The predicted molar refractivity (Wildman–Crippen MR) is 106 cm³/mol. The molecule has 0 aliphatic carbocycles. The number of carbonyl (C=O) groups is 3. The molecule has 4 rings (SSSR count). The average Bonchev–Trinajstić information content (AvgIpc) is 3.34. The van der Waals surface area contributed by atoms with Gasteiger partial charge in [0.25, 0.3) is 5.91 Å². The molecule has 0 unspecified atom stereocenters. The maximum Gasteiger partial charge on any atom is 0.306 e. The molecule has 7 nitrogen and oxygen atoms in total. The Morgan fingerprint density at radius 3 is 2.76 bits per heavy atom. The van der Waals surface area contributed by atoms with Crippen molar-refractivity contribution in [2.45, 2.75) is 12.8 Å². The molecule has 150 valence electrons. The number of hydrogen-bond donors (Lipinski definition) is 1. The van der Waals surface area contributed by atoms with Gasteiger partial charge in [-0.3, -0.25) is 14.4 Å². The number of benzene rings is 1. The standard InChI is InChI=1S/C21H19NO6S/c23-19(22-7-5-13(6-8-22)21(25)26)12-27-14-3-4-16-17(10-14)28-18(20(16)24)11-15-2-1-9-29-15/h1-4,9-11,13H,5-8,12H2,(H,25,26)/b18-11-. The van der Waals surface area contributed by atoms with Gasteiger partial charge in [0.2, 0.25) is 5.78 Å². The summed E-state index contributed by atoms with van der Waals surface area (Å²) < 4.78 is 11.3. The molecule has 0 bridgehead atoms. The number of nitrogens with zero attached hydrogens (tertiary/aromatic N) is 1. The number of thiophene rings is 1. The molecule has 8 heteroatoms. The Balaban J connectivity index is 1.36. The first-order valence-corrected chi connectivity index (χ1v) is 10.1. The van der Waals surface area contributed by atoms with Crippen molar-refractivity contribution in [1.82, 2.24) is 4.90 Å². The smallest absolute Gasteiger partial charge is 0.306 e. The van der Waals surface area contributed by atoms with Crippen LogP contribution in [-0.2, 0) is 9.59 Å². The van der Waals surface area contributed by atoms with E-state index in [0.717, 1.165) is 4.88 Å². The van der Waals surface area contributed by atoms with Gasteiger partial charge >= 0.3 is 5.97 Å². The Bertz CT molecular complexity index is 973. The molecule has 2 aliphatic rings. The second-order valence-electron chi connectivity index (χ2n) is 6.90. The molecule has 1 amide bonds. The van der Waals surface area contributed by atoms with Gasteiger partial charge in [0.05, 0.1) is 11.5 Å². The van der Waals surface area contributed by atoms with E-state index in [-0.39, 0.29) is 30.0 Å². The second kappa shape index (κ2) is 8.08.